The fraction of sp³-hybridized carbons (Fsp3) is 0.727. The molecule has 0 fully saturated rings. The second-order valence-corrected chi connectivity index (χ2v) is 4.06. The fourth-order valence-electron chi connectivity index (χ4n) is 1.87. The van der Waals surface area contributed by atoms with E-state index in [1.165, 1.54) is 25.7 Å². The molecule has 1 aliphatic rings. The molecule has 0 aromatic carbocycles. The molecule has 0 aromatic rings. The van der Waals surface area contributed by atoms with Gasteiger partial charge in [-0.3, -0.25) is 0 Å². The third kappa shape index (κ3) is 3.21. The summed E-state index contributed by atoms with van der Waals surface area (Å²) in [5.74, 6) is 0.780. The number of allylic oxidation sites excluding steroid dienone is 1. The Kier molecular flexibility index (Phi) is 3.51. The highest BCUT2D eigenvalue weighted by atomic mass is 14.9. The van der Waals surface area contributed by atoms with Gasteiger partial charge in [0.2, 0.25) is 0 Å². The summed E-state index contributed by atoms with van der Waals surface area (Å²) >= 11 is 0. The molecule has 1 rings (SSSR count). The zero-order valence-corrected chi connectivity index (χ0v) is 8.34. The summed E-state index contributed by atoms with van der Waals surface area (Å²) in [7, 11) is 2.04. The van der Waals surface area contributed by atoms with Crippen LogP contribution in [-0.2, 0) is 0 Å². The van der Waals surface area contributed by atoms with Gasteiger partial charge in [0.1, 0.15) is 13.8 Å². The monoisotopic (exact) mass is 166 g/mol. The molecule has 0 N–H and O–H groups in total. The first-order valence-corrected chi connectivity index (χ1v) is 4.89. The van der Waals surface area contributed by atoms with Crippen molar-refractivity contribution in [1.82, 2.24) is 0 Å². The maximum Gasteiger partial charge on any atom is 0.163 e. The molecule has 12 heavy (non-hydrogen) atoms. The summed E-state index contributed by atoms with van der Waals surface area (Å²) in [6, 6.07) is 0. The smallest absolute Gasteiger partial charge is 0.163 e. The third-order valence-corrected chi connectivity index (χ3v) is 2.40. The lowest BCUT2D eigenvalue weighted by Gasteiger charge is -2.02. The van der Waals surface area contributed by atoms with E-state index in [1.54, 1.807) is 5.57 Å². The zero-order chi connectivity index (χ0) is 8.97. The van der Waals surface area contributed by atoms with Crippen molar-refractivity contribution in [3.8, 4) is 0 Å². The van der Waals surface area contributed by atoms with Crippen molar-refractivity contribution in [2.45, 2.75) is 32.6 Å². The van der Waals surface area contributed by atoms with Gasteiger partial charge in [-0.1, -0.05) is 19.4 Å². The van der Waals surface area contributed by atoms with E-state index in [9.17, 15) is 0 Å². The SMILES string of the molecule is C=[N+](C)CC1=CC(C)CCCC1. The van der Waals surface area contributed by atoms with Crippen LogP contribution in [0.3, 0.4) is 0 Å². The van der Waals surface area contributed by atoms with Gasteiger partial charge in [0, 0.05) is 0 Å². The van der Waals surface area contributed by atoms with E-state index < -0.39 is 0 Å². The molecule has 0 aliphatic heterocycles. The van der Waals surface area contributed by atoms with Crippen molar-refractivity contribution in [2.24, 2.45) is 5.92 Å². The Labute approximate surface area is 75.8 Å². The van der Waals surface area contributed by atoms with Gasteiger partial charge in [-0.25, -0.2) is 4.58 Å². The summed E-state index contributed by atoms with van der Waals surface area (Å²) < 4.78 is 2.02. The van der Waals surface area contributed by atoms with Crippen LogP contribution in [-0.4, -0.2) is 24.9 Å². The van der Waals surface area contributed by atoms with E-state index in [4.69, 9.17) is 0 Å². The highest BCUT2D eigenvalue weighted by Gasteiger charge is 2.09. The molecule has 0 saturated heterocycles. The highest BCUT2D eigenvalue weighted by molar-refractivity contribution is 5.15. The Balaban J connectivity index is 2.53. The molecule has 1 unspecified atom stereocenters. The maximum absolute atomic E-state index is 3.88. The Morgan fingerprint density at radius 3 is 3.00 bits per heavy atom. The number of hydrogen-bond acceptors (Lipinski definition) is 0. The molecule has 0 radical (unpaired) electrons. The maximum atomic E-state index is 3.88. The van der Waals surface area contributed by atoms with Crippen LogP contribution >= 0.6 is 0 Å². The van der Waals surface area contributed by atoms with Gasteiger partial charge in [0.25, 0.3) is 0 Å². The van der Waals surface area contributed by atoms with Crippen molar-refractivity contribution in [2.75, 3.05) is 13.6 Å². The Morgan fingerprint density at radius 1 is 1.58 bits per heavy atom. The van der Waals surface area contributed by atoms with Crippen LogP contribution in [0.2, 0.25) is 0 Å². The average molecular weight is 166 g/mol. The molecule has 0 aromatic heterocycles. The van der Waals surface area contributed by atoms with Gasteiger partial charge in [0.15, 0.2) is 6.54 Å². The Hall–Kier alpha value is -0.590. The number of hydrogen-bond donors (Lipinski definition) is 0. The standard InChI is InChI=1S/C11H20N/c1-10-6-4-5-7-11(8-10)9-12(2)3/h8,10H,2,4-7,9H2,1,3H3/q+1. The van der Waals surface area contributed by atoms with E-state index in [2.05, 4.69) is 19.7 Å². The number of likely N-dealkylation sites (N-methyl/N-ethyl adjacent to an activating group) is 1. The second kappa shape index (κ2) is 4.44. The van der Waals surface area contributed by atoms with Gasteiger partial charge < -0.3 is 0 Å². The van der Waals surface area contributed by atoms with Crippen molar-refractivity contribution in [3.05, 3.63) is 11.6 Å². The minimum Gasteiger partial charge on any atom is -0.241 e. The minimum absolute atomic E-state index is 0.780. The molecule has 0 spiro atoms. The molecular weight excluding hydrogens is 146 g/mol. The van der Waals surface area contributed by atoms with Crippen molar-refractivity contribution < 1.29 is 4.58 Å². The van der Waals surface area contributed by atoms with E-state index in [0.717, 1.165) is 12.5 Å². The summed E-state index contributed by atoms with van der Waals surface area (Å²) in [5.41, 5.74) is 1.58. The fourth-order valence-corrected chi connectivity index (χ4v) is 1.87. The van der Waals surface area contributed by atoms with Crippen LogP contribution in [0.25, 0.3) is 0 Å². The van der Waals surface area contributed by atoms with Crippen molar-refractivity contribution >= 4 is 6.72 Å². The molecular formula is C11H20N+. The first-order chi connectivity index (χ1) is 5.68. The first kappa shape index (κ1) is 9.50. The first-order valence-electron chi connectivity index (χ1n) is 4.89. The van der Waals surface area contributed by atoms with E-state index in [0.29, 0.717) is 0 Å². The van der Waals surface area contributed by atoms with Gasteiger partial charge in [-0.2, -0.15) is 0 Å². The largest absolute Gasteiger partial charge is 0.241 e. The quantitative estimate of drug-likeness (QED) is 0.337. The Bertz CT molecular complexity index is 191. The van der Waals surface area contributed by atoms with E-state index in [1.807, 2.05) is 11.6 Å². The summed E-state index contributed by atoms with van der Waals surface area (Å²) in [5, 5.41) is 0. The second-order valence-electron chi connectivity index (χ2n) is 4.06. The molecule has 1 heteroatoms. The van der Waals surface area contributed by atoms with Gasteiger partial charge >= 0.3 is 0 Å². The molecule has 0 saturated carbocycles. The molecule has 0 heterocycles. The average Bonchev–Trinajstić information content (AvgIpc) is 2.12. The van der Waals surface area contributed by atoms with Crippen LogP contribution in [0.4, 0.5) is 0 Å². The minimum atomic E-state index is 0.780. The number of nitrogens with zero attached hydrogens (tertiary/aromatic N) is 1. The lowest BCUT2D eigenvalue weighted by atomic mass is 10.1. The lowest BCUT2D eigenvalue weighted by Crippen LogP contribution is -2.07. The predicted molar refractivity (Wildman–Crippen MR) is 53.9 cm³/mol. The van der Waals surface area contributed by atoms with Crippen molar-refractivity contribution in [1.29, 1.82) is 0 Å². The lowest BCUT2D eigenvalue weighted by molar-refractivity contribution is -0.479. The van der Waals surface area contributed by atoms with E-state index in [-0.39, 0.29) is 0 Å². The molecule has 1 nitrogen and oxygen atoms in total. The van der Waals surface area contributed by atoms with Gasteiger partial charge in [-0.05, 0) is 30.8 Å². The van der Waals surface area contributed by atoms with Crippen LogP contribution in [0.1, 0.15) is 32.6 Å². The van der Waals surface area contributed by atoms with Crippen LogP contribution < -0.4 is 0 Å². The molecule has 1 atom stereocenters. The number of rotatable bonds is 2. The Morgan fingerprint density at radius 2 is 2.33 bits per heavy atom. The van der Waals surface area contributed by atoms with Crippen LogP contribution in [0.15, 0.2) is 11.6 Å². The summed E-state index contributed by atoms with van der Waals surface area (Å²) in [6.07, 6.45) is 7.84. The third-order valence-electron chi connectivity index (χ3n) is 2.40. The van der Waals surface area contributed by atoms with E-state index >= 15 is 0 Å². The summed E-state index contributed by atoms with van der Waals surface area (Å²) in [4.78, 5) is 0. The van der Waals surface area contributed by atoms with Gasteiger partial charge in [-0.15, -0.1) is 0 Å². The van der Waals surface area contributed by atoms with Crippen LogP contribution in [0, 0.1) is 5.92 Å². The van der Waals surface area contributed by atoms with Crippen LogP contribution in [0.5, 0.6) is 0 Å². The highest BCUT2D eigenvalue weighted by Crippen LogP contribution is 2.21. The molecule has 68 valence electrons. The molecule has 0 amide bonds. The molecule has 0 bridgehead atoms. The zero-order valence-electron chi connectivity index (χ0n) is 8.34. The van der Waals surface area contributed by atoms with Gasteiger partial charge in [0.05, 0.1) is 0 Å². The normalized spacial score (nSPS) is 24.5. The topological polar surface area (TPSA) is 3.01 Å². The van der Waals surface area contributed by atoms with Crippen molar-refractivity contribution in [3.63, 3.8) is 0 Å². The summed E-state index contributed by atoms with van der Waals surface area (Å²) in [6.45, 7) is 7.24. The molecule has 1 aliphatic carbocycles. The predicted octanol–water partition coefficient (Wildman–Crippen LogP) is 2.47.